The Morgan fingerprint density at radius 1 is 1.07 bits per heavy atom. The van der Waals surface area contributed by atoms with E-state index in [-0.39, 0.29) is 12.4 Å². The fraction of sp³-hybridized carbons (Fsp3) is 0.474. The third-order valence-electron chi connectivity index (χ3n) is 4.90. The van der Waals surface area contributed by atoms with Gasteiger partial charge in [0.15, 0.2) is 35.3 Å². The lowest BCUT2D eigenvalue weighted by molar-refractivity contribution is -0.147. The van der Waals surface area contributed by atoms with E-state index in [1.807, 2.05) is 0 Å². The lowest BCUT2D eigenvalue weighted by atomic mass is 10.1. The zero-order valence-electron chi connectivity index (χ0n) is 15.5. The molecule has 1 aromatic rings. The molecule has 0 saturated heterocycles. The molecule has 0 radical (unpaired) electrons. The van der Waals surface area contributed by atoms with Crippen LogP contribution in [-0.4, -0.2) is 24.0 Å². The Kier molecular flexibility index (Phi) is 6.48. The number of aliphatic hydroxyl groups is 1. The van der Waals surface area contributed by atoms with Crippen LogP contribution in [0.1, 0.15) is 31.9 Å². The summed E-state index contributed by atoms with van der Waals surface area (Å²) in [5.41, 5.74) is -2.83. The highest BCUT2D eigenvalue weighted by Gasteiger charge is 2.61. The summed E-state index contributed by atoms with van der Waals surface area (Å²) < 4.78 is 65.3. The van der Waals surface area contributed by atoms with E-state index in [1.54, 1.807) is 20.8 Å². The van der Waals surface area contributed by atoms with Crippen molar-refractivity contribution in [1.29, 1.82) is 0 Å². The first-order valence-corrected chi connectivity index (χ1v) is 8.52. The Balaban J connectivity index is 2.16. The quantitative estimate of drug-likeness (QED) is 0.180. The van der Waals surface area contributed by atoms with Crippen molar-refractivity contribution in [2.75, 3.05) is 6.61 Å². The standard InChI is InChI=1S/C19H20F4O5/c1-4-27-9(6-24)5-12-13(19(12,2)3)18(26)28-8-11-16(22)14(20)10(7-25)15(21)17(11)23/h5-6,12-13,25H,4,7-8H2,1-3H3/b9-5-/t12-,13-/m1/s1. The zero-order valence-corrected chi connectivity index (χ0v) is 15.5. The predicted octanol–water partition coefficient (Wildman–Crippen LogP) is 3.17. The van der Waals surface area contributed by atoms with Crippen LogP contribution < -0.4 is 0 Å². The fourth-order valence-electron chi connectivity index (χ4n) is 3.13. The van der Waals surface area contributed by atoms with Gasteiger partial charge in [0.1, 0.15) is 6.61 Å². The molecule has 1 N–H and O–H groups in total. The van der Waals surface area contributed by atoms with E-state index < -0.39 is 70.8 Å². The highest BCUT2D eigenvalue weighted by atomic mass is 19.2. The number of ether oxygens (including phenoxy) is 2. The summed E-state index contributed by atoms with van der Waals surface area (Å²) in [5, 5.41) is 8.82. The van der Waals surface area contributed by atoms with Gasteiger partial charge in [0.05, 0.1) is 30.3 Å². The Bertz CT molecular complexity index is 790. The number of carbonyl (C=O) groups is 2. The normalized spacial score (nSPS) is 20.6. The molecule has 154 valence electrons. The Labute approximate surface area is 158 Å². The van der Waals surface area contributed by atoms with Gasteiger partial charge < -0.3 is 14.6 Å². The molecule has 1 fully saturated rings. The molecule has 2 atom stereocenters. The summed E-state index contributed by atoms with van der Waals surface area (Å²) in [6.45, 7) is 3.15. The minimum Gasteiger partial charge on any atom is -0.491 e. The number of aldehydes is 1. The van der Waals surface area contributed by atoms with Crippen LogP contribution in [0.5, 0.6) is 0 Å². The first-order chi connectivity index (χ1) is 13.1. The maximum absolute atomic E-state index is 13.9. The van der Waals surface area contributed by atoms with Gasteiger partial charge in [0, 0.05) is 5.92 Å². The SMILES string of the molecule is CCO/C(C=O)=C\[C@@H]1[C@H](C(=O)OCc2c(F)c(F)c(CO)c(F)c2F)C1(C)C. The summed E-state index contributed by atoms with van der Waals surface area (Å²) in [4.78, 5) is 23.3. The first kappa shape index (κ1) is 21.9. The number of rotatable bonds is 8. The number of halogens is 4. The van der Waals surface area contributed by atoms with Gasteiger partial charge in [-0.25, -0.2) is 17.6 Å². The van der Waals surface area contributed by atoms with Gasteiger partial charge in [-0.3, -0.25) is 9.59 Å². The summed E-state index contributed by atoms with van der Waals surface area (Å²) >= 11 is 0. The fourth-order valence-corrected chi connectivity index (χ4v) is 3.13. The molecular weight excluding hydrogens is 384 g/mol. The van der Waals surface area contributed by atoms with Crippen molar-refractivity contribution in [3.8, 4) is 0 Å². The molecule has 0 spiro atoms. The van der Waals surface area contributed by atoms with E-state index in [0.29, 0.717) is 6.29 Å². The summed E-state index contributed by atoms with van der Waals surface area (Å²) in [6, 6.07) is 0. The van der Waals surface area contributed by atoms with Crippen LogP contribution >= 0.6 is 0 Å². The van der Waals surface area contributed by atoms with E-state index in [1.165, 1.54) is 6.08 Å². The van der Waals surface area contributed by atoms with Crippen molar-refractivity contribution < 1.29 is 41.7 Å². The van der Waals surface area contributed by atoms with Gasteiger partial charge in [-0.1, -0.05) is 13.8 Å². The van der Waals surface area contributed by atoms with Crippen molar-refractivity contribution in [2.24, 2.45) is 17.3 Å². The number of aliphatic hydroxyl groups excluding tert-OH is 1. The molecule has 0 unspecified atom stereocenters. The summed E-state index contributed by atoms with van der Waals surface area (Å²) in [5.74, 6) is -8.87. The minimum atomic E-state index is -1.74. The molecule has 0 aromatic heterocycles. The van der Waals surface area contributed by atoms with Crippen LogP contribution in [0.2, 0.25) is 0 Å². The molecule has 2 rings (SSSR count). The monoisotopic (exact) mass is 404 g/mol. The van der Waals surface area contributed by atoms with E-state index >= 15 is 0 Å². The van der Waals surface area contributed by atoms with Crippen LogP contribution in [0.25, 0.3) is 0 Å². The second kappa shape index (κ2) is 8.30. The first-order valence-electron chi connectivity index (χ1n) is 8.52. The third-order valence-corrected chi connectivity index (χ3v) is 4.90. The Morgan fingerprint density at radius 2 is 1.61 bits per heavy atom. The molecule has 1 aromatic carbocycles. The number of hydrogen-bond donors (Lipinski definition) is 1. The minimum absolute atomic E-state index is 0.0525. The third kappa shape index (κ3) is 3.89. The molecule has 5 nitrogen and oxygen atoms in total. The molecule has 9 heteroatoms. The number of hydrogen-bond acceptors (Lipinski definition) is 5. The maximum Gasteiger partial charge on any atom is 0.310 e. The number of carbonyl (C=O) groups excluding carboxylic acids is 2. The number of esters is 1. The van der Waals surface area contributed by atoms with Crippen molar-refractivity contribution in [3.05, 3.63) is 46.2 Å². The molecular formula is C19H20F4O5. The van der Waals surface area contributed by atoms with E-state index in [2.05, 4.69) is 0 Å². The van der Waals surface area contributed by atoms with E-state index in [0.717, 1.165) is 0 Å². The summed E-state index contributed by atoms with van der Waals surface area (Å²) in [6.07, 6.45) is 1.97. The lowest BCUT2D eigenvalue weighted by Crippen LogP contribution is -2.15. The van der Waals surface area contributed by atoms with Crippen LogP contribution in [0, 0.1) is 40.5 Å². The molecule has 0 amide bonds. The highest BCUT2D eigenvalue weighted by Crippen LogP contribution is 2.59. The van der Waals surface area contributed by atoms with Gasteiger partial charge in [0.2, 0.25) is 0 Å². The predicted molar refractivity (Wildman–Crippen MR) is 88.5 cm³/mol. The van der Waals surface area contributed by atoms with Gasteiger partial charge in [-0.15, -0.1) is 0 Å². The molecule has 28 heavy (non-hydrogen) atoms. The molecule has 1 aliphatic carbocycles. The topological polar surface area (TPSA) is 72.8 Å². The highest BCUT2D eigenvalue weighted by molar-refractivity contribution is 5.79. The Morgan fingerprint density at radius 3 is 2.07 bits per heavy atom. The van der Waals surface area contributed by atoms with Crippen LogP contribution in [0.4, 0.5) is 17.6 Å². The summed E-state index contributed by atoms with van der Waals surface area (Å²) in [7, 11) is 0. The second-order valence-electron chi connectivity index (χ2n) is 6.92. The number of allylic oxidation sites excluding steroid dienone is 2. The number of benzene rings is 1. The lowest BCUT2D eigenvalue weighted by Gasteiger charge is -2.11. The maximum atomic E-state index is 13.9. The van der Waals surface area contributed by atoms with Crippen molar-refractivity contribution in [2.45, 2.75) is 34.0 Å². The van der Waals surface area contributed by atoms with Crippen molar-refractivity contribution in [1.82, 2.24) is 0 Å². The average Bonchev–Trinajstić information content (AvgIpc) is 3.20. The smallest absolute Gasteiger partial charge is 0.310 e. The Hall–Kier alpha value is -2.42. The van der Waals surface area contributed by atoms with Crippen LogP contribution in [0.3, 0.4) is 0 Å². The van der Waals surface area contributed by atoms with Crippen LogP contribution in [0.15, 0.2) is 11.8 Å². The van der Waals surface area contributed by atoms with Crippen molar-refractivity contribution in [3.63, 3.8) is 0 Å². The van der Waals surface area contributed by atoms with Gasteiger partial charge in [-0.2, -0.15) is 0 Å². The zero-order chi connectivity index (χ0) is 21.2. The molecule has 0 bridgehead atoms. The second-order valence-corrected chi connectivity index (χ2v) is 6.92. The average molecular weight is 404 g/mol. The molecule has 0 aliphatic heterocycles. The van der Waals surface area contributed by atoms with E-state index in [9.17, 15) is 27.2 Å². The van der Waals surface area contributed by atoms with Crippen molar-refractivity contribution >= 4 is 12.3 Å². The van der Waals surface area contributed by atoms with E-state index in [4.69, 9.17) is 14.6 Å². The van der Waals surface area contributed by atoms with Crippen LogP contribution in [-0.2, 0) is 32.3 Å². The largest absolute Gasteiger partial charge is 0.491 e. The van der Waals surface area contributed by atoms with Gasteiger partial charge in [-0.05, 0) is 18.4 Å². The molecule has 0 heterocycles. The molecule has 1 saturated carbocycles. The van der Waals surface area contributed by atoms with Gasteiger partial charge in [0.25, 0.3) is 0 Å². The van der Waals surface area contributed by atoms with Gasteiger partial charge >= 0.3 is 5.97 Å². The molecule has 1 aliphatic rings.